The van der Waals surface area contributed by atoms with E-state index in [1.165, 1.54) is 11.1 Å². The Bertz CT molecular complexity index is 930. The molecular weight excluding hydrogens is 308 g/mol. The molecular formula is C22H24N2O. The van der Waals surface area contributed by atoms with Crippen molar-refractivity contribution >= 4 is 16.8 Å². The molecule has 0 fully saturated rings. The Balaban J connectivity index is 2.15. The van der Waals surface area contributed by atoms with Crippen molar-refractivity contribution in [3.63, 3.8) is 0 Å². The summed E-state index contributed by atoms with van der Waals surface area (Å²) in [5, 5.41) is 3.96. The molecule has 0 aliphatic rings. The molecule has 25 heavy (non-hydrogen) atoms. The molecule has 1 amide bonds. The molecule has 128 valence electrons. The lowest BCUT2D eigenvalue weighted by Crippen LogP contribution is -2.32. The predicted molar refractivity (Wildman–Crippen MR) is 104 cm³/mol. The van der Waals surface area contributed by atoms with E-state index in [9.17, 15) is 4.79 Å². The molecule has 3 rings (SSSR count). The Morgan fingerprint density at radius 2 is 1.84 bits per heavy atom. The van der Waals surface area contributed by atoms with Gasteiger partial charge in [0, 0.05) is 17.0 Å². The van der Waals surface area contributed by atoms with Crippen molar-refractivity contribution in [3.05, 3.63) is 65.2 Å². The number of aryl methyl sites for hydroxylation is 2. The number of amides is 1. The van der Waals surface area contributed by atoms with Crippen molar-refractivity contribution in [2.75, 3.05) is 0 Å². The van der Waals surface area contributed by atoms with Crippen molar-refractivity contribution in [2.45, 2.75) is 40.2 Å². The Morgan fingerprint density at radius 1 is 1.08 bits per heavy atom. The van der Waals surface area contributed by atoms with E-state index in [0.29, 0.717) is 5.56 Å². The van der Waals surface area contributed by atoms with E-state index in [1.807, 2.05) is 37.3 Å². The molecule has 3 aromatic rings. The van der Waals surface area contributed by atoms with Crippen LogP contribution < -0.4 is 5.32 Å². The number of nitrogens with one attached hydrogen (secondary N) is 1. The average molecular weight is 332 g/mol. The van der Waals surface area contributed by atoms with Crippen LogP contribution in [-0.4, -0.2) is 16.9 Å². The summed E-state index contributed by atoms with van der Waals surface area (Å²) < 4.78 is 0. The van der Waals surface area contributed by atoms with Gasteiger partial charge < -0.3 is 5.32 Å². The second-order valence-electron chi connectivity index (χ2n) is 6.65. The van der Waals surface area contributed by atoms with E-state index in [0.717, 1.165) is 28.6 Å². The Morgan fingerprint density at radius 3 is 2.56 bits per heavy atom. The van der Waals surface area contributed by atoms with Crippen LogP contribution in [-0.2, 0) is 0 Å². The van der Waals surface area contributed by atoms with Crippen molar-refractivity contribution in [2.24, 2.45) is 0 Å². The third-order valence-electron chi connectivity index (χ3n) is 4.75. The van der Waals surface area contributed by atoms with Gasteiger partial charge >= 0.3 is 0 Å². The van der Waals surface area contributed by atoms with Gasteiger partial charge in [-0.1, -0.05) is 37.3 Å². The number of benzene rings is 2. The SMILES string of the molecule is CCC(C)NC(=O)c1cc(-c2ccc(C)c(C)c2)nc2ccccc12. The lowest BCUT2D eigenvalue weighted by atomic mass is 10.0. The normalized spacial score (nSPS) is 12.2. The number of para-hydroxylation sites is 1. The quantitative estimate of drug-likeness (QED) is 0.726. The monoisotopic (exact) mass is 332 g/mol. The highest BCUT2D eigenvalue weighted by atomic mass is 16.1. The summed E-state index contributed by atoms with van der Waals surface area (Å²) in [5.74, 6) is -0.0435. The predicted octanol–water partition coefficient (Wildman–Crippen LogP) is 5.05. The number of rotatable bonds is 4. The first-order valence-electron chi connectivity index (χ1n) is 8.78. The topological polar surface area (TPSA) is 42.0 Å². The van der Waals surface area contributed by atoms with Crippen LogP contribution in [0.1, 0.15) is 41.8 Å². The maximum Gasteiger partial charge on any atom is 0.252 e. The summed E-state index contributed by atoms with van der Waals surface area (Å²) in [6, 6.07) is 16.2. The van der Waals surface area contributed by atoms with Crippen LogP contribution >= 0.6 is 0 Å². The molecule has 3 heteroatoms. The average Bonchev–Trinajstić information content (AvgIpc) is 2.62. The largest absolute Gasteiger partial charge is 0.350 e. The molecule has 0 bridgehead atoms. The Labute approximate surface area is 149 Å². The van der Waals surface area contributed by atoms with Crippen molar-refractivity contribution in [1.29, 1.82) is 0 Å². The Hall–Kier alpha value is -2.68. The summed E-state index contributed by atoms with van der Waals surface area (Å²) in [7, 11) is 0. The second-order valence-corrected chi connectivity index (χ2v) is 6.65. The van der Waals surface area contributed by atoms with Crippen LogP contribution in [0.2, 0.25) is 0 Å². The first-order chi connectivity index (χ1) is 12.0. The summed E-state index contributed by atoms with van der Waals surface area (Å²) in [6.45, 7) is 8.27. The number of hydrogen-bond acceptors (Lipinski definition) is 2. The molecule has 0 saturated heterocycles. The minimum atomic E-state index is -0.0435. The van der Waals surface area contributed by atoms with Crippen LogP contribution in [0.4, 0.5) is 0 Å². The van der Waals surface area contributed by atoms with Crippen LogP contribution in [0.25, 0.3) is 22.2 Å². The first-order valence-corrected chi connectivity index (χ1v) is 8.78. The van der Waals surface area contributed by atoms with Crippen LogP contribution in [0.3, 0.4) is 0 Å². The molecule has 0 aliphatic carbocycles. The summed E-state index contributed by atoms with van der Waals surface area (Å²) in [5.41, 5.74) is 5.85. The Kier molecular flexibility index (Phi) is 4.84. The van der Waals surface area contributed by atoms with Gasteiger partial charge in [0.15, 0.2) is 0 Å². The molecule has 0 spiro atoms. The third kappa shape index (κ3) is 3.55. The maximum atomic E-state index is 12.8. The fourth-order valence-electron chi connectivity index (χ4n) is 2.82. The van der Waals surface area contributed by atoms with Gasteiger partial charge in [-0.25, -0.2) is 4.98 Å². The number of carbonyl (C=O) groups is 1. The zero-order valence-corrected chi connectivity index (χ0v) is 15.3. The number of fused-ring (bicyclic) bond motifs is 1. The smallest absolute Gasteiger partial charge is 0.252 e. The third-order valence-corrected chi connectivity index (χ3v) is 4.75. The molecule has 1 unspecified atom stereocenters. The fourth-order valence-corrected chi connectivity index (χ4v) is 2.82. The van der Waals surface area contributed by atoms with Gasteiger partial charge in [-0.15, -0.1) is 0 Å². The zero-order valence-electron chi connectivity index (χ0n) is 15.3. The molecule has 1 atom stereocenters. The molecule has 0 radical (unpaired) electrons. The van der Waals surface area contributed by atoms with Crippen molar-refractivity contribution in [3.8, 4) is 11.3 Å². The molecule has 2 aromatic carbocycles. The second kappa shape index (κ2) is 7.06. The van der Waals surface area contributed by atoms with Gasteiger partial charge in [-0.2, -0.15) is 0 Å². The molecule has 1 N–H and O–H groups in total. The van der Waals surface area contributed by atoms with Gasteiger partial charge in [-0.3, -0.25) is 4.79 Å². The first kappa shape index (κ1) is 17.2. The highest BCUT2D eigenvalue weighted by molar-refractivity contribution is 6.07. The van der Waals surface area contributed by atoms with Crippen molar-refractivity contribution in [1.82, 2.24) is 10.3 Å². The van der Waals surface area contributed by atoms with Crippen LogP contribution in [0.5, 0.6) is 0 Å². The number of hydrogen-bond donors (Lipinski definition) is 1. The van der Waals surface area contributed by atoms with Gasteiger partial charge in [-0.05, 0) is 56.5 Å². The number of carbonyl (C=O) groups excluding carboxylic acids is 1. The highest BCUT2D eigenvalue weighted by Gasteiger charge is 2.15. The number of nitrogens with zero attached hydrogens (tertiary/aromatic N) is 1. The van der Waals surface area contributed by atoms with E-state index in [4.69, 9.17) is 4.98 Å². The van der Waals surface area contributed by atoms with E-state index < -0.39 is 0 Å². The molecule has 0 saturated carbocycles. The van der Waals surface area contributed by atoms with Crippen LogP contribution in [0, 0.1) is 13.8 Å². The van der Waals surface area contributed by atoms with Gasteiger partial charge in [0.05, 0.1) is 16.8 Å². The maximum absolute atomic E-state index is 12.8. The summed E-state index contributed by atoms with van der Waals surface area (Å²) >= 11 is 0. The summed E-state index contributed by atoms with van der Waals surface area (Å²) in [4.78, 5) is 17.6. The fraction of sp³-hybridized carbons (Fsp3) is 0.273. The van der Waals surface area contributed by atoms with Crippen molar-refractivity contribution < 1.29 is 4.79 Å². The number of pyridine rings is 1. The highest BCUT2D eigenvalue weighted by Crippen LogP contribution is 2.26. The molecule has 1 aromatic heterocycles. The van der Waals surface area contributed by atoms with Gasteiger partial charge in [0.2, 0.25) is 0 Å². The summed E-state index contributed by atoms with van der Waals surface area (Å²) in [6.07, 6.45) is 0.902. The molecule has 0 aliphatic heterocycles. The van der Waals surface area contributed by atoms with Crippen LogP contribution in [0.15, 0.2) is 48.5 Å². The lowest BCUT2D eigenvalue weighted by molar-refractivity contribution is 0.0941. The van der Waals surface area contributed by atoms with Gasteiger partial charge in [0.25, 0.3) is 5.91 Å². The lowest BCUT2D eigenvalue weighted by Gasteiger charge is -2.14. The van der Waals surface area contributed by atoms with E-state index >= 15 is 0 Å². The van der Waals surface area contributed by atoms with Gasteiger partial charge in [0.1, 0.15) is 0 Å². The minimum Gasteiger partial charge on any atom is -0.350 e. The number of aromatic nitrogens is 1. The van der Waals surface area contributed by atoms with E-state index in [1.54, 1.807) is 0 Å². The standard InChI is InChI=1S/C22H24N2O/c1-5-16(4)23-22(25)19-13-21(17-11-10-14(2)15(3)12-17)24-20-9-7-6-8-18(19)20/h6-13,16H,5H2,1-4H3,(H,23,25). The zero-order chi connectivity index (χ0) is 18.0. The minimum absolute atomic E-state index is 0.0435. The molecule has 3 nitrogen and oxygen atoms in total. The van der Waals surface area contributed by atoms with E-state index in [2.05, 4.69) is 44.3 Å². The van der Waals surface area contributed by atoms with E-state index in [-0.39, 0.29) is 11.9 Å². The molecule has 1 heterocycles.